The first-order chi connectivity index (χ1) is 7.10. The van der Waals surface area contributed by atoms with Gasteiger partial charge in [-0.1, -0.05) is 0 Å². The van der Waals surface area contributed by atoms with Gasteiger partial charge in [0.1, 0.15) is 0 Å². The third-order valence-corrected chi connectivity index (χ3v) is 1.73. The average Bonchev–Trinajstić information content (AvgIpc) is 2.20. The molecule has 0 spiro atoms. The lowest BCUT2D eigenvalue weighted by Crippen LogP contribution is -1.97. The lowest BCUT2D eigenvalue weighted by molar-refractivity contribution is -0.385. The van der Waals surface area contributed by atoms with Crippen LogP contribution in [-0.4, -0.2) is 22.9 Å². The molecule has 1 rings (SSSR count). The number of phenolic OH excluding ortho intramolecular Hbond substituents is 1. The Morgan fingerprint density at radius 2 is 2.27 bits per heavy atom. The molecule has 15 heavy (non-hydrogen) atoms. The van der Waals surface area contributed by atoms with E-state index >= 15 is 0 Å². The van der Waals surface area contributed by atoms with Crippen LogP contribution in [0.5, 0.6) is 11.5 Å². The number of nitro benzene ring substituents is 1. The minimum Gasteiger partial charge on any atom is -0.504 e. The summed E-state index contributed by atoms with van der Waals surface area (Å²) >= 11 is 0. The predicted molar refractivity (Wildman–Crippen MR) is 51.3 cm³/mol. The third kappa shape index (κ3) is 2.22. The van der Waals surface area contributed by atoms with E-state index in [4.69, 9.17) is 4.74 Å². The Hall–Kier alpha value is -2.11. The van der Waals surface area contributed by atoms with Gasteiger partial charge in [-0.3, -0.25) is 14.9 Å². The largest absolute Gasteiger partial charge is 0.504 e. The van der Waals surface area contributed by atoms with Crippen LogP contribution in [0, 0.1) is 10.1 Å². The molecule has 0 radical (unpaired) electrons. The standard InChI is InChI=1S/C9H9NO5/c1-2-15-9-3-6(5-11)7(10(13)14)4-8(9)12/h3-5,12H,2H2,1H3. The Kier molecular flexibility index (Phi) is 3.22. The van der Waals surface area contributed by atoms with Crippen molar-refractivity contribution in [3.8, 4) is 11.5 Å². The maximum Gasteiger partial charge on any atom is 0.283 e. The Bertz CT molecular complexity index is 402. The maximum atomic E-state index is 10.6. The van der Waals surface area contributed by atoms with Crippen LogP contribution < -0.4 is 4.74 Å². The lowest BCUT2D eigenvalue weighted by atomic mass is 10.2. The first-order valence-corrected chi connectivity index (χ1v) is 4.19. The van der Waals surface area contributed by atoms with E-state index in [1.54, 1.807) is 6.92 Å². The van der Waals surface area contributed by atoms with Crippen molar-refractivity contribution in [3.05, 3.63) is 27.8 Å². The van der Waals surface area contributed by atoms with E-state index in [2.05, 4.69) is 0 Å². The Morgan fingerprint density at radius 3 is 2.73 bits per heavy atom. The number of nitro groups is 1. The normalized spacial score (nSPS) is 9.67. The van der Waals surface area contributed by atoms with Crippen LogP contribution in [0.15, 0.2) is 12.1 Å². The van der Waals surface area contributed by atoms with Crippen molar-refractivity contribution >= 4 is 12.0 Å². The summed E-state index contributed by atoms with van der Waals surface area (Å²) in [5.41, 5.74) is -0.563. The SMILES string of the molecule is CCOc1cc(C=O)c([N+](=O)[O-])cc1O. The molecular weight excluding hydrogens is 202 g/mol. The van der Waals surface area contributed by atoms with Gasteiger partial charge in [-0.2, -0.15) is 0 Å². The van der Waals surface area contributed by atoms with Crippen molar-refractivity contribution in [2.24, 2.45) is 0 Å². The Balaban J connectivity index is 3.28. The number of hydrogen-bond acceptors (Lipinski definition) is 5. The molecule has 80 valence electrons. The average molecular weight is 211 g/mol. The molecule has 0 amide bonds. The number of rotatable bonds is 4. The first-order valence-electron chi connectivity index (χ1n) is 4.19. The van der Waals surface area contributed by atoms with E-state index in [1.165, 1.54) is 0 Å². The van der Waals surface area contributed by atoms with Crippen molar-refractivity contribution in [1.82, 2.24) is 0 Å². The van der Waals surface area contributed by atoms with E-state index in [9.17, 15) is 20.0 Å². The fraction of sp³-hybridized carbons (Fsp3) is 0.222. The molecule has 0 saturated heterocycles. The number of phenols is 1. The van der Waals surface area contributed by atoms with Crippen LogP contribution >= 0.6 is 0 Å². The highest BCUT2D eigenvalue weighted by Crippen LogP contribution is 2.32. The number of benzene rings is 1. The second-order valence-corrected chi connectivity index (χ2v) is 2.69. The summed E-state index contributed by atoms with van der Waals surface area (Å²) in [6.07, 6.45) is 0.347. The summed E-state index contributed by atoms with van der Waals surface area (Å²) in [7, 11) is 0. The van der Waals surface area contributed by atoms with Gasteiger partial charge in [0, 0.05) is 6.07 Å². The van der Waals surface area contributed by atoms with Crippen molar-refractivity contribution in [3.63, 3.8) is 0 Å². The number of carbonyl (C=O) groups excluding carboxylic acids is 1. The van der Waals surface area contributed by atoms with E-state index in [0.717, 1.165) is 12.1 Å². The fourth-order valence-corrected chi connectivity index (χ4v) is 1.10. The Morgan fingerprint density at radius 1 is 1.60 bits per heavy atom. The molecule has 0 aromatic heterocycles. The molecule has 0 aliphatic carbocycles. The van der Waals surface area contributed by atoms with E-state index < -0.39 is 10.6 Å². The van der Waals surface area contributed by atoms with Crippen molar-refractivity contribution < 1.29 is 19.6 Å². The number of aldehydes is 1. The van der Waals surface area contributed by atoms with E-state index in [-0.39, 0.29) is 17.1 Å². The lowest BCUT2D eigenvalue weighted by Gasteiger charge is -2.06. The zero-order valence-corrected chi connectivity index (χ0v) is 7.97. The number of carbonyl (C=O) groups is 1. The zero-order chi connectivity index (χ0) is 11.4. The summed E-state index contributed by atoms with van der Waals surface area (Å²) in [6, 6.07) is 2.04. The summed E-state index contributed by atoms with van der Waals surface area (Å²) in [6.45, 7) is 1.99. The summed E-state index contributed by atoms with van der Waals surface area (Å²) in [5, 5.41) is 19.8. The molecule has 1 aromatic rings. The molecule has 0 aliphatic heterocycles. The van der Waals surface area contributed by atoms with Crippen LogP contribution in [0.4, 0.5) is 5.69 Å². The van der Waals surface area contributed by atoms with Gasteiger partial charge >= 0.3 is 0 Å². The van der Waals surface area contributed by atoms with Crippen molar-refractivity contribution in [2.45, 2.75) is 6.92 Å². The van der Waals surface area contributed by atoms with Gasteiger partial charge in [-0.25, -0.2) is 0 Å². The van der Waals surface area contributed by atoms with Crippen LogP contribution in [-0.2, 0) is 0 Å². The quantitative estimate of drug-likeness (QED) is 0.463. The zero-order valence-electron chi connectivity index (χ0n) is 7.97. The van der Waals surface area contributed by atoms with Gasteiger partial charge in [-0.15, -0.1) is 0 Å². The van der Waals surface area contributed by atoms with E-state index in [0.29, 0.717) is 12.9 Å². The van der Waals surface area contributed by atoms with Crippen LogP contribution in [0.2, 0.25) is 0 Å². The summed E-state index contributed by atoms with van der Waals surface area (Å²) in [4.78, 5) is 20.3. The monoisotopic (exact) mass is 211 g/mol. The fourth-order valence-electron chi connectivity index (χ4n) is 1.10. The molecule has 0 atom stereocenters. The van der Waals surface area contributed by atoms with Gasteiger partial charge in [0.2, 0.25) is 0 Å². The van der Waals surface area contributed by atoms with Crippen LogP contribution in [0.3, 0.4) is 0 Å². The summed E-state index contributed by atoms with van der Waals surface area (Å²) in [5.74, 6) is -0.292. The third-order valence-electron chi connectivity index (χ3n) is 1.73. The first kappa shape index (κ1) is 11.0. The molecule has 0 heterocycles. The number of hydrogen-bond donors (Lipinski definition) is 1. The maximum absolute atomic E-state index is 10.6. The van der Waals surface area contributed by atoms with Gasteiger partial charge in [-0.05, 0) is 6.92 Å². The topological polar surface area (TPSA) is 89.7 Å². The predicted octanol–water partition coefficient (Wildman–Crippen LogP) is 1.51. The molecular formula is C9H9NO5. The highest BCUT2D eigenvalue weighted by atomic mass is 16.6. The second-order valence-electron chi connectivity index (χ2n) is 2.69. The van der Waals surface area contributed by atoms with Gasteiger partial charge in [0.15, 0.2) is 17.8 Å². The number of aromatic hydroxyl groups is 1. The molecule has 0 fully saturated rings. The molecule has 6 heteroatoms. The second kappa shape index (κ2) is 4.41. The minimum atomic E-state index is -0.737. The van der Waals surface area contributed by atoms with Crippen LogP contribution in [0.25, 0.3) is 0 Å². The van der Waals surface area contributed by atoms with Crippen molar-refractivity contribution in [2.75, 3.05) is 6.61 Å². The molecule has 0 aliphatic rings. The highest BCUT2D eigenvalue weighted by Gasteiger charge is 2.17. The van der Waals surface area contributed by atoms with Gasteiger partial charge in [0.05, 0.1) is 23.2 Å². The number of ether oxygens (including phenoxy) is 1. The molecule has 0 saturated carbocycles. The summed E-state index contributed by atoms with van der Waals surface area (Å²) < 4.78 is 4.98. The molecule has 1 N–H and O–H groups in total. The minimum absolute atomic E-state index is 0.0604. The molecule has 0 unspecified atom stereocenters. The van der Waals surface area contributed by atoms with Crippen LogP contribution in [0.1, 0.15) is 17.3 Å². The smallest absolute Gasteiger partial charge is 0.283 e. The molecule has 1 aromatic carbocycles. The number of nitrogens with zero attached hydrogens (tertiary/aromatic N) is 1. The van der Waals surface area contributed by atoms with Crippen molar-refractivity contribution in [1.29, 1.82) is 0 Å². The molecule has 6 nitrogen and oxygen atoms in total. The highest BCUT2D eigenvalue weighted by molar-refractivity contribution is 5.83. The van der Waals surface area contributed by atoms with Gasteiger partial charge in [0.25, 0.3) is 5.69 Å². The van der Waals surface area contributed by atoms with Gasteiger partial charge < -0.3 is 9.84 Å². The van der Waals surface area contributed by atoms with E-state index in [1.807, 2.05) is 0 Å². The molecule has 0 bridgehead atoms. The Labute approximate surface area is 85.2 Å².